The number of nitrogens with one attached hydrogen (secondary N) is 2. The molecule has 154 valence electrons. The van der Waals surface area contributed by atoms with Gasteiger partial charge < -0.3 is 15.2 Å². The van der Waals surface area contributed by atoms with Crippen molar-refractivity contribution in [1.82, 2.24) is 14.8 Å². The van der Waals surface area contributed by atoms with Crippen molar-refractivity contribution in [2.24, 2.45) is 0 Å². The molecule has 3 aromatic rings. The summed E-state index contributed by atoms with van der Waals surface area (Å²) in [4.78, 5) is 38.3. The second-order valence-electron chi connectivity index (χ2n) is 7.18. The molecule has 0 bridgehead atoms. The Morgan fingerprint density at radius 3 is 2.77 bits per heavy atom. The number of benzene rings is 2. The number of carbonyl (C=O) groups is 3. The predicted molar refractivity (Wildman–Crippen MR) is 116 cm³/mol. The lowest BCUT2D eigenvalue weighted by Gasteiger charge is -2.12. The topological polar surface area (TPSA) is 107 Å². The smallest absolute Gasteiger partial charge is 0.329 e. The fraction of sp³-hybridized carbons (Fsp3) is 0.130. The third-order valence-corrected chi connectivity index (χ3v) is 4.93. The first-order valence-corrected chi connectivity index (χ1v) is 9.62. The molecule has 8 heteroatoms. The lowest BCUT2D eigenvalue weighted by Crippen LogP contribution is -2.38. The van der Waals surface area contributed by atoms with Crippen LogP contribution >= 0.6 is 0 Å². The number of nitriles is 1. The fourth-order valence-electron chi connectivity index (χ4n) is 3.53. The Morgan fingerprint density at radius 2 is 2.00 bits per heavy atom. The van der Waals surface area contributed by atoms with Gasteiger partial charge in [-0.1, -0.05) is 30.3 Å². The Kier molecular flexibility index (Phi) is 5.24. The number of hydrogen-bond donors (Lipinski definition) is 2. The Morgan fingerprint density at radius 1 is 1.19 bits per heavy atom. The maximum atomic E-state index is 12.8. The minimum Gasteiger partial charge on any atom is -0.333 e. The Bertz CT molecular complexity index is 1280. The summed E-state index contributed by atoms with van der Waals surface area (Å²) in [5.41, 5.74) is 3.20. The van der Waals surface area contributed by atoms with Crippen molar-refractivity contribution in [2.45, 2.75) is 13.5 Å². The summed E-state index contributed by atoms with van der Waals surface area (Å²) >= 11 is 0. The van der Waals surface area contributed by atoms with Crippen LogP contribution in [-0.4, -0.2) is 33.9 Å². The number of nitrogens with zero attached hydrogens (tertiary/aromatic N) is 3. The minimum atomic E-state index is -0.656. The zero-order valence-electron chi connectivity index (χ0n) is 16.8. The molecule has 4 amide bonds. The zero-order valence-corrected chi connectivity index (χ0v) is 16.8. The fourth-order valence-corrected chi connectivity index (χ4v) is 3.53. The normalized spacial score (nSPS) is 14.7. The molecule has 0 atom stereocenters. The Hall–Kier alpha value is -4.38. The minimum absolute atomic E-state index is 0.0771. The van der Waals surface area contributed by atoms with Crippen molar-refractivity contribution in [3.05, 3.63) is 71.6 Å². The number of rotatable bonds is 5. The molecule has 0 radical (unpaired) electrons. The first-order valence-electron chi connectivity index (χ1n) is 9.62. The summed E-state index contributed by atoms with van der Waals surface area (Å²) in [6.07, 6.45) is 3.32. The van der Waals surface area contributed by atoms with E-state index < -0.39 is 24.4 Å². The van der Waals surface area contributed by atoms with Gasteiger partial charge in [0.15, 0.2) is 0 Å². The van der Waals surface area contributed by atoms with Crippen LogP contribution in [0.5, 0.6) is 0 Å². The summed E-state index contributed by atoms with van der Waals surface area (Å²) in [6.45, 7) is 1.67. The SMILES string of the molecule is Cc1cccc(NC(=O)CN2C(=O)N/C(=C/c3cn(CC#N)c4ccccc34)C2=O)c1. The molecule has 0 saturated carbocycles. The molecule has 0 spiro atoms. The molecular weight excluding hydrogens is 394 g/mol. The Labute approximate surface area is 178 Å². The second-order valence-corrected chi connectivity index (χ2v) is 7.18. The summed E-state index contributed by atoms with van der Waals surface area (Å²) < 4.78 is 1.77. The largest absolute Gasteiger partial charge is 0.333 e. The van der Waals surface area contributed by atoms with E-state index in [1.165, 1.54) is 0 Å². The lowest BCUT2D eigenvalue weighted by molar-refractivity contribution is -0.127. The number of urea groups is 1. The van der Waals surface area contributed by atoms with Gasteiger partial charge in [0.25, 0.3) is 5.91 Å². The maximum absolute atomic E-state index is 12.8. The van der Waals surface area contributed by atoms with Gasteiger partial charge in [0.1, 0.15) is 18.8 Å². The molecule has 8 nitrogen and oxygen atoms in total. The van der Waals surface area contributed by atoms with Gasteiger partial charge in [0.05, 0.1) is 6.07 Å². The van der Waals surface area contributed by atoms with Crippen LogP contribution in [0.1, 0.15) is 11.1 Å². The molecule has 1 aliphatic rings. The standard InChI is InChI=1S/C23H19N5O3/c1-15-5-4-6-17(11-15)25-21(29)14-28-22(30)19(26-23(28)31)12-16-13-27(10-9-24)20-8-3-2-7-18(16)20/h2-8,11-13H,10,14H2,1H3,(H,25,29)(H,26,31)/b19-12+. The summed E-state index contributed by atoms with van der Waals surface area (Å²) in [5.74, 6) is -1.05. The van der Waals surface area contributed by atoms with Crippen molar-refractivity contribution in [3.8, 4) is 6.07 Å². The lowest BCUT2D eigenvalue weighted by atomic mass is 10.1. The van der Waals surface area contributed by atoms with Gasteiger partial charge in [-0.25, -0.2) is 9.69 Å². The summed E-state index contributed by atoms with van der Waals surface area (Å²) in [6, 6.07) is 16.2. The highest BCUT2D eigenvalue weighted by molar-refractivity contribution is 6.16. The van der Waals surface area contributed by atoms with Gasteiger partial charge in [-0.05, 0) is 36.8 Å². The van der Waals surface area contributed by atoms with Gasteiger partial charge in [0, 0.05) is 28.4 Å². The average molecular weight is 413 g/mol. The van der Waals surface area contributed by atoms with Crippen molar-refractivity contribution < 1.29 is 14.4 Å². The van der Waals surface area contributed by atoms with E-state index in [4.69, 9.17) is 5.26 Å². The van der Waals surface area contributed by atoms with Crippen molar-refractivity contribution in [2.75, 3.05) is 11.9 Å². The van der Waals surface area contributed by atoms with Crippen LogP contribution in [-0.2, 0) is 16.1 Å². The number of aryl methyl sites for hydroxylation is 1. The first-order chi connectivity index (χ1) is 15.0. The zero-order chi connectivity index (χ0) is 22.0. The quantitative estimate of drug-likeness (QED) is 0.495. The van der Waals surface area contributed by atoms with Crippen molar-refractivity contribution >= 4 is 40.5 Å². The van der Waals surface area contributed by atoms with Crippen molar-refractivity contribution in [3.63, 3.8) is 0 Å². The highest BCUT2D eigenvalue weighted by Gasteiger charge is 2.35. The van der Waals surface area contributed by atoms with Gasteiger partial charge >= 0.3 is 6.03 Å². The number of hydrogen-bond acceptors (Lipinski definition) is 4. The number of fused-ring (bicyclic) bond motifs is 1. The van der Waals surface area contributed by atoms with Gasteiger partial charge in [-0.2, -0.15) is 5.26 Å². The molecule has 31 heavy (non-hydrogen) atoms. The van der Waals surface area contributed by atoms with E-state index in [-0.39, 0.29) is 12.2 Å². The van der Waals surface area contributed by atoms with Gasteiger partial charge in [-0.3, -0.25) is 9.59 Å². The van der Waals surface area contributed by atoms with Crippen molar-refractivity contribution in [1.29, 1.82) is 5.26 Å². The number of aromatic nitrogens is 1. The third kappa shape index (κ3) is 4.02. The molecule has 1 saturated heterocycles. The van der Waals surface area contributed by atoms with E-state index >= 15 is 0 Å². The van der Waals surface area contributed by atoms with E-state index in [9.17, 15) is 14.4 Å². The molecule has 1 aliphatic heterocycles. The Balaban J connectivity index is 1.55. The first kappa shape index (κ1) is 19.9. The molecular formula is C23H19N5O3. The molecule has 1 aromatic heterocycles. The van der Waals surface area contributed by atoms with Gasteiger partial charge in [-0.15, -0.1) is 0 Å². The number of para-hydroxylation sites is 1. The number of carbonyl (C=O) groups excluding carboxylic acids is 3. The maximum Gasteiger partial charge on any atom is 0.329 e. The van der Waals surface area contributed by atoms with Crippen LogP contribution in [0.25, 0.3) is 17.0 Å². The summed E-state index contributed by atoms with van der Waals surface area (Å²) in [7, 11) is 0. The summed E-state index contributed by atoms with van der Waals surface area (Å²) in [5, 5.41) is 15.1. The second kappa shape index (κ2) is 8.16. The van der Waals surface area contributed by atoms with Crippen LogP contribution in [0.15, 0.2) is 60.4 Å². The molecule has 2 aromatic carbocycles. The van der Waals surface area contributed by atoms with Crippen LogP contribution < -0.4 is 10.6 Å². The molecule has 0 unspecified atom stereocenters. The highest BCUT2D eigenvalue weighted by atomic mass is 16.2. The molecule has 4 rings (SSSR count). The van der Waals surface area contributed by atoms with Crippen LogP contribution in [0.4, 0.5) is 10.5 Å². The van der Waals surface area contributed by atoms with E-state index in [0.29, 0.717) is 11.3 Å². The van der Waals surface area contributed by atoms with Crippen LogP contribution in [0, 0.1) is 18.3 Å². The van der Waals surface area contributed by atoms with Crippen LogP contribution in [0.3, 0.4) is 0 Å². The molecule has 2 N–H and O–H groups in total. The molecule has 1 fully saturated rings. The average Bonchev–Trinajstić information content (AvgIpc) is 3.21. The van der Waals surface area contributed by atoms with E-state index in [0.717, 1.165) is 21.4 Å². The van der Waals surface area contributed by atoms with E-state index in [2.05, 4.69) is 16.7 Å². The predicted octanol–water partition coefficient (Wildman–Crippen LogP) is 3.00. The monoisotopic (exact) mass is 413 g/mol. The van der Waals surface area contributed by atoms with Crippen LogP contribution in [0.2, 0.25) is 0 Å². The number of imide groups is 1. The number of amides is 4. The van der Waals surface area contributed by atoms with Gasteiger partial charge in [0.2, 0.25) is 5.91 Å². The highest BCUT2D eigenvalue weighted by Crippen LogP contribution is 2.24. The molecule has 2 heterocycles. The molecule has 0 aliphatic carbocycles. The number of anilines is 1. The third-order valence-electron chi connectivity index (χ3n) is 4.93. The van der Waals surface area contributed by atoms with E-state index in [1.54, 1.807) is 29.0 Å². The van der Waals surface area contributed by atoms with E-state index in [1.807, 2.05) is 43.3 Å².